The zero-order chi connectivity index (χ0) is 14.9. The molecule has 1 aromatic rings. The maximum atomic E-state index is 11.5. The van der Waals surface area contributed by atoms with Crippen molar-refractivity contribution in [1.82, 2.24) is 4.98 Å². The van der Waals surface area contributed by atoms with E-state index in [0.717, 1.165) is 6.42 Å². The fraction of sp³-hybridized carbons (Fsp3) is 0.538. The SMILES string of the molecule is COC(=O)c1ccc([N+](=O)[O-])c(N2CC(C)CC2C)n1. The van der Waals surface area contributed by atoms with Crippen molar-refractivity contribution in [3.05, 3.63) is 27.9 Å². The first kappa shape index (κ1) is 14.2. The van der Waals surface area contributed by atoms with Crippen molar-refractivity contribution in [2.45, 2.75) is 26.3 Å². The maximum Gasteiger partial charge on any atom is 0.356 e. The number of rotatable bonds is 3. The number of carbonyl (C=O) groups excluding carboxylic acids is 1. The summed E-state index contributed by atoms with van der Waals surface area (Å²) in [5, 5.41) is 11.1. The van der Waals surface area contributed by atoms with E-state index in [-0.39, 0.29) is 23.2 Å². The minimum absolute atomic E-state index is 0.0832. The van der Waals surface area contributed by atoms with Gasteiger partial charge in [0.1, 0.15) is 0 Å². The van der Waals surface area contributed by atoms with Gasteiger partial charge in [0.25, 0.3) is 0 Å². The molecule has 0 aliphatic carbocycles. The quantitative estimate of drug-likeness (QED) is 0.478. The second-order valence-corrected chi connectivity index (χ2v) is 5.13. The van der Waals surface area contributed by atoms with Crippen LogP contribution in [0.25, 0.3) is 0 Å². The normalized spacial score (nSPS) is 21.9. The number of ether oxygens (including phenoxy) is 1. The Bertz CT molecular complexity index is 546. The standard InChI is InChI=1S/C13H17N3O4/c1-8-6-9(2)15(7-8)12-11(16(18)19)5-4-10(14-12)13(17)20-3/h4-5,8-9H,6-7H2,1-3H3. The molecule has 2 unspecified atom stereocenters. The van der Waals surface area contributed by atoms with Crippen molar-refractivity contribution in [3.8, 4) is 0 Å². The molecule has 1 saturated heterocycles. The van der Waals surface area contributed by atoms with Crippen LogP contribution in [0.2, 0.25) is 0 Å². The molecule has 1 aromatic heterocycles. The number of methoxy groups -OCH3 is 1. The highest BCUT2D eigenvalue weighted by atomic mass is 16.6. The molecule has 2 atom stereocenters. The van der Waals surface area contributed by atoms with Crippen LogP contribution in [0.15, 0.2) is 12.1 Å². The molecule has 1 fully saturated rings. The van der Waals surface area contributed by atoms with E-state index in [0.29, 0.717) is 12.5 Å². The Morgan fingerprint density at radius 2 is 2.20 bits per heavy atom. The summed E-state index contributed by atoms with van der Waals surface area (Å²) >= 11 is 0. The molecule has 7 nitrogen and oxygen atoms in total. The van der Waals surface area contributed by atoms with Gasteiger partial charge in [-0.25, -0.2) is 9.78 Å². The predicted octanol–water partition coefficient (Wildman–Crippen LogP) is 2.01. The maximum absolute atomic E-state index is 11.5. The number of pyridine rings is 1. The predicted molar refractivity (Wildman–Crippen MR) is 72.8 cm³/mol. The Balaban J connectivity index is 2.47. The summed E-state index contributed by atoms with van der Waals surface area (Å²) in [6.45, 7) is 4.78. The van der Waals surface area contributed by atoms with E-state index in [1.807, 2.05) is 11.8 Å². The van der Waals surface area contributed by atoms with Crippen LogP contribution in [-0.4, -0.2) is 35.6 Å². The summed E-state index contributed by atoms with van der Waals surface area (Å²) in [6, 6.07) is 2.78. The van der Waals surface area contributed by atoms with Crippen LogP contribution in [0.1, 0.15) is 30.8 Å². The van der Waals surface area contributed by atoms with Gasteiger partial charge in [0.05, 0.1) is 12.0 Å². The molecule has 2 heterocycles. The van der Waals surface area contributed by atoms with Crippen molar-refractivity contribution in [2.75, 3.05) is 18.6 Å². The average Bonchev–Trinajstić information content (AvgIpc) is 2.75. The second kappa shape index (κ2) is 5.44. The summed E-state index contributed by atoms with van der Waals surface area (Å²) in [6.07, 6.45) is 0.946. The van der Waals surface area contributed by atoms with Crippen LogP contribution in [0, 0.1) is 16.0 Å². The molecule has 0 spiro atoms. The number of anilines is 1. The Morgan fingerprint density at radius 1 is 1.50 bits per heavy atom. The zero-order valence-corrected chi connectivity index (χ0v) is 11.7. The van der Waals surface area contributed by atoms with Crippen molar-refractivity contribution in [3.63, 3.8) is 0 Å². The fourth-order valence-corrected chi connectivity index (χ4v) is 2.61. The molecule has 20 heavy (non-hydrogen) atoms. The molecule has 0 N–H and O–H groups in total. The van der Waals surface area contributed by atoms with E-state index in [4.69, 9.17) is 0 Å². The molecule has 0 amide bonds. The molecule has 1 aliphatic rings. The first-order valence-corrected chi connectivity index (χ1v) is 6.44. The third kappa shape index (κ3) is 2.56. The lowest BCUT2D eigenvalue weighted by molar-refractivity contribution is -0.384. The molecular formula is C13H17N3O4. The summed E-state index contributed by atoms with van der Waals surface area (Å²) in [5.41, 5.74) is -0.00143. The largest absolute Gasteiger partial charge is 0.464 e. The van der Waals surface area contributed by atoms with Gasteiger partial charge in [0.15, 0.2) is 5.69 Å². The van der Waals surface area contributed by atoms with Gasteiger partial charge >= 0.3 is 11.7 Å². The van der Waals surface area contributed by atoms with Gasteiger partial charge in [0.2, 0.25) is 5.82 Å². The Morgan fingerprint density at radius 3 is 2.70 bits per heavy atom. The van der Waals surface area contributed by atoms with Crippen LogP contribution in [-0.2, 0) is 4.74 Å². The third-order valence-electron chi connectivity index (χ3n) is 3.50. The van der Waals surface area contributed by atoms with Gasteiger partial charge in [-0.15, -0.1) is 0 Å². The van der Waals surface area contributed by atoms with Crippen LogP contribution in [0.4, 0.5) is 11.5 Å². The van der Waals surface area contributed by atoms with Gasteiger partial charge in [-0.2, -0.15) is 0 Å². The molecule has 108 valence electrons. The third-order valence-corrected chi connectivity index (χ3v) is 3.50. The monoisotopic (exact) mass is 279 g/mol. The van der Waals surface area contributed by atoms with Gasteiger partial charge in [-0.1, -0.05) is 6.92 Å². The highest BCUT2D eigenvalue weighted by Crippen LogP contribution is 2.33. The van der Waals surface area contributed by atoms with Crippen molar-refractivity contribution < 1.29 is 14.5 Å². The lowest BCUT2D eigenvalue weighted by Gasteiger charge is -2.22. The fourth-order valence-electron chi connectivity index (χ4n) is 2.61. The number of carbonyl (C=O) groups is 1. The number of esters is 1. The Hall–Kier alpha value is -2.18. The molecular weight excluding hydrogens is 262 g/mol. The number of aromatic nitrogens is 1. The summed E-state index contributed by atoms with van der Waals surface area (Å²) in [5.74, 6) is 0.0870. The van der Waals surface area contributed by atoms with Crippen LogP contribution in [0.3, 0.4) is 0 Å². The average molecular weight is 279 g/mol. The molecule has 1 aliphatic heterocycles. The number of hydrogen-bond acceptors (Lipinski definition) is 6. The van der Waals surface area contributed by atoms with Gasteiger partial charge in [-0.05, 0) is 25.3 Å². The van der Waals surface area contributed by atoms with Gasteiger partial charge < -0.3 is 9.64 Å². The molecule has 0 saturated carbocycles. The van der Waals surface area contributed by atoms with E-state index in [1.165, 1.54) is 19.2 Å². The van der Waals surface area contributed by atoms with E-state index >= 15 is 0 Å². The topological polar surface area (TPSA) is 85.6 Å². The molecule has 0 radical (unpaired) electrons. The van der Waals surface area contributed by atoms with E-state index < -0.39 is 10.9 Å². The molecule has 7 heteroatoms. The number of hydrogen-bond donors (Lipinski definition) is 0. The summed E-state index contributed by atoms with van der Waals surface area (Å²) < 4.78 is 4.61. The highest BCUT2D eigenvalue weighted by molar-refractivity contribution is 5.88. The van der Waals surface area contributed by atoms with Crippen LogP contribution in [0.5, 0.6) is 0 Å². The smallest absolute Gasteiger partial charge is 0.356 e. The molecule has 2 rings (SSSR count). The van der Waals surface area contributed by atoms with Gasteiger partial charge in [0, 0.05) is 18.7 Å². The van der Waals surface area contributed by atoms with E-state index in [9.17, 15) is 14.9 Å². The minimum Gasteiger partial charge on any atom is -0.464 e. The number of nitro groups is 1. The number of nitrogens with zero attached hydrogens (tertiary/aromatic N) is 3. The van der Waals surface area contributed by atoms with Crippen LogP contribution < -0.4 is 4.90 Å². The second-order valence-electron chi connectivity index (χ2n) is 5.13. The Kier molecular flexibility index (Phi) is 3.87. The van der Waals surface area contributed by atoms with Crippen molar-refractivity contribution in [1.29, 1.82) is 0 Å². The Labute approximate surface area is 116 Å². The lowest BCUT2D eigenvalue weighted by atomic mass is 10.1. The highest BCUT2D eigenvalue weighted by Gasteiger charge is 2.32. The summed E-state index contributed by atoms with van der Waals surface area (Å²) in [4.78, 5) is 28.2. The minimum atomic E-state index is -0.596. The first-order valence-electron chi connectivity index (χ1n) is 6.44. The van der Waals surface area contributed by atoms with E-state index in [1.54, 1.807) is 0 Å². The van der Waals surface area contributed by atoms with Crippen molar-refractivity contribution in [2.24, 2.45) is 5.92 Å². The van der Waals surface area contributed by atoms with Crippen molar-refractivity contribution >= 4 is 17.5 Å². The van der Waals surface area contributed by atoms with Gasteiger partial charge in [-0.3, -0.25) is 10.1 Å². The van der Waals surface area contributed by atoms with E-state index in [2.05, 4.69) is 16.6 Å². The zero-order valence-electron chi connectivity index (χ0n) is 11.7. The molecule has 0 aromatic carbocycles. The molecule has 0 bridgehead atoms. The first-order chi connectivity index (χ1) is 9.43. The lowest BCUT2D eigenvalue weighted by Crippen LogP contribution is -2.29. The summed E-state index contributed by atoms with van der Waals surface area (Å²) in [7, 11) is 1.26. The van der Waals surface area contributed by atoms with Crippen LogP contribution >= 0.6 is 0 Å².